The third-order valence-electron chi connectivity index (χ3n) is 13.3. The number of hydrogen-bond donors (Lipinski definition) is 0. The molecule has 0 amide bonds. The topological polar surface area (TPSA) is 78.9 Å². The molecule has 0 bridgehead atoms. The van der Waals surface area contributed by atoms with Crippen LogP contribution in [0.15, 0.2) is 60.8 Å². The second-order valence-corrected chi connectivity index (χ2v) is 20.2. The molecule has 0 spiro atoms. The van der Waals surface area contributed by atoms with Crippen LogP contribution < -0.4 is 0 Å². The Morgan fingerprint density at radius 2 is 0.557 bits per heavy atom. The van der Waals surface area contributed by atoms with E-state index >= 15 is 0 Å². The van der Waals surface area contributed by atoms with E-state index in [4.69, 9.17) is 14.2 Å². The summed E-state index contributed by atoms with van der Waals surface area (Å²) in [6, 6.07) is 0. The lowest BCUT2D eigenvalue weighted by atomic mass is 10.0. The minimum absolute atomic E-state index is 0.0760. The van der Waals surface area contributed by atoms with Crippen molar-refractivity contribution in [3.8, 4) is 0 Å². The molecule has 0 aromatic rings. The average molecular weight is 980 g/mol. The van der Waals surface area contributed by atoms with Crippen molar-refractivity contribution < 1.29 is 28.6 Å². The Morgan fingerprint density at radius 1 is 0.300 bits per heavy atom. The Balaban J connectivity index is 4.06. The number of hydrogen-bond acceptors (Lipinski definition) is 6. The lowest BCUT2D eigenvalue weighted by Crippen LogP contribution is -2.30. The smallest absolute Gasteiger partial charge is 0.306 e. The highest BCUT2D eigenvalue weighted by atomic mass is 16.6. The minimum atomic E-state index is -0.775. The molecule has 0 aromatic carbocycles. The molecular formula is C64H114O6. The van der Waals surface area contributed by atoms with Crippen LogP contribution >= 0.6 is 0 Å². The molecule has 0 fully saturated rings. The highest BCUT2D eigenvalue weighted by Gasteiger charge is 2.19. The third kappa shape index (κ3) is 56.0. The van der Waals surface area contributed by atoms with Crippen LogP contribution in [-0.2, 0) is 28.6 Å². The van der Waals surface area contributed by atoms with Crippen LogP contribution in [0.3, 0.4) is 0 Å². The fourth-order valence-electron chi connectivity index (χ4n) is 8.77. The molecule has 0 aliphatic heterocycles. The van der Waals surface area contributed by atoms with Gasteiger partial charge in [-0.3, -0.25) is 14.4 Å². The third-order valence-corrected chi connectivity index (χ3v) is 13.3. The van der Waals surface area contributed by atoms with Crippen molar-refractivity contribution in [3.05, 3.63) is 60.8 Å². The van der Waals surface area contributed by atoms with Crippen molar-refractivity contribution in [1.29, 1.82) is 0 Å². The maximum Gasteiger partial charge on any atom is 0.306 e. The number of carbonyl (C=O) groups excluding carboxylic acids is 3. The van der Waals surface area contributed by atoms with Gasteiger partial charge in [-0.25, -0.2) is 0 Å². The van der Waals surface area contributed by atoms with Crippen molar-refractivity contribution in [3.63, 3.8) is 0 Å². The Labute approximate surface area is 434 Å². The first kappa shape index (κ1) is 67.1. The van der Waals surface area contributed by atoms with Crippen LogP contribution in [0.2, 0.25) is 0 Å². The molecule has 0 aliphatic rings. The van der Waals surface area contributed by atoms with E-state index in [9.17, 15) is 14.4 Å². The van der Waals surface area contributed by atoms with Gasteiger partial charge in [-0.15, -0.1) is 0 Å². The van der Waals surface area contributed by atoms with Gasteiger partial charge in [0.2, 0.25) is 0 Å². The Bertz CT molecular complexity index is 1260. The number of unbranched alkanes of at least 4 members (excludes halogenated alkanes) is 34. The number of rotatable bonds is 55. The molecule has 0 saturated heterocycles. The molecule has 0 radical (unpaired) electrons. The molecule has 406 valence electrons. The molecule has 6 nitrogen and oxygen atoms in total. The number of carbonyl (C=O) groups is 3. The molecule has 6 heteroatoms. The SMILES string of the molecule is CC/C=C\C/C=C\C/C=C\C/C=C\C/C=C\CCCCCCCCCC(=O)OC(COC(=O)CCCCCCC)COC(=O)CCCCCCCCCCCCCCCCCCCCCCCCCC. The number of esters is 3. The largest absolute Gasteiger partial charge is 0.462 e. The second-order valence-electron chi connectivity index (χ2n) is 20.2. The van der Waals surface area contributed by atoms with Gasteiger partial charge in [0.15, 0.2) is 6.10 Å². The molecule has 0 N–H and O–H groups in total. The molecule has 0 saturated carbocycles. The summed E-state index contributed by atoms with van der Waals surface area (Å²) < 4.78 is 16.7. The van der Waals surface area contributed by atoms with Gasteiger partial charge in [0.05, 0.1) is 0 Å². The Hall–Kier alpha value is -2.89. The van der Waals surface area contributed by atoms with E-state index in [-0.39, 0.29) is 31.1 Å². The van der Waals surface area contributed by atoms with Crippen molar-refractivity contribution in [2.75, 3.05) is 13.2 Å². The van der Waals surface area contributed by atoms with Crippen LogP contribution in [0, 0.1) is 0 Å². The molecular weight excluding hydrogens is 865 g/mol. The molecule has 1 unspecified atom stereocenters. The van der Waals surface area contributed by atoms with Gasteiger partial charge < -0.3 is 14.2 Å². The van der Waals surface area contributed by atoms with Crippen molar-refractivity contribution >= 4 is 17.9 Å². The summed E-state index contributed by atoms with van der Waals surface area (Å²) in [5, 5.41) is 0. The number of allylic oxidation sites excluding steroid dienone is 10. The van der Waals surface area contributed by atoms with Crippen LogP contribution in [0.4, 0.5) is 0 Å². The van der Waals surface area contributed by atoms with Crippen molar-refractivity contribution in [2.24, 2.45) is 0 Å². The lowest BCUT2D eigenvalue weighted by Gasteiger charge is -2.18. The molecule has 0 aromatic heterocycles. The monoisotopic (exact) mass is 979 g/mol. The summed E-state index contributed by atoms with van der Waals surface area (Å²) in [4.78, 5) is 37.9. The van der Waals surface area contributed by atoms with Crippen LogP contribution in [-0.4, -0.2) is 37.2 Å². The van der Waals surface area contributed by atoms with E-state index in [1.807, 2.05) is 0 Å². The van der Waals surface area contributed by atoms with Crippen LogP contribution in [0.25, 0.3) is 0 Å². The quantitative estimate of drug-likeness (QED) is 0.0261. The summed E-state index contributed by atoms with van der Waals surface area (Å²) in [6.45, 7) is 6.47. The zero-order chi connectivity index (χ0) is 50.7. The van der Waals surface area contributed by atoms with Gasteiger partial charge in [-0.05, 0) is 64.2 Å². The zero-order valence-electron chi connectivity index (χ0n) is 46.5. The van der Waals surface area contributed by atoms with Gasteiger partial charge >= 0.3 is 17.9 Å². The summed E-state index contributed by atoms with van der Waals surface area (Å²) >= 11 is 0. The highest BCUT2D eigenvalue weighted by Crippen LogP contribution is 2.17. The normalized spacial score (nSPS) is 12.4. The Kier molecular flexibility index (Phi) is 56.3. The zero-order valence-corrected chi connectivity index (χ0v) is 46.5. The first-order valence-electron chi connectivity index (χ1n) is 30.3. The standard InChI is InChI=1S/C64H114O6/c1-4-7-10-13-15-17-19-21-23-25-27-29-31-33-34-36-38-40-42-44-46-48-51-54-57-63(66)69-60-61(59-68-62(65)56-53-50-12-9-6-3)70-64(67)58-55-52-49-47-45-43-41-39-37-35-32-30-28-26-24-22-20-18-16-14-11-8-5-2/h8,11,16,18,22,24,28,30,35,37,61H,4-7,9-10,12-15,17,19-21,23,25-27,29,31-34,36,38-60H2,1-3H3/b11-8-,18-16-,24-22-,30-28-,37-35-. The van der Waals surface area contributed by atoms with Gasteiger partial charge in [-0.1, -0.05) is 287 Å². The van der Waals surface area contributed by atoms with E-state index in [1.165, 1.54) is 167 Å². The fraction of sp³-hybridized carbons (Fsp3) is 0.797. The molecule has 0 rings (SSSR count). The van der Waals surface area contributed by atoms with E-state index in [0.29, 0.717) is 19.3 Å². The van der Waals surface area contributed by atoms with Gasteiger partial charge in [0.1, 0.15) is 13.2 Å². The van der Waals surface area contributed by atoms with Gasteiger partial charge in [0.25, 0.3) is 0 Å². The summed E-state index contributed by atoms with van der Waals surface area (Å²) in [5.74, 6) is -0.888. The molecule has 0 aliphatic carbocycles. The fourth-order valence-corrected chi connectivity index (χ4v) is 8.77. The minimum Gasteiger partial charge on any atom is -0.462 e. The van der Waals surface area contributed by atoms with Crippen molar-refractivity contribution in [2.45, 2.75) is 316 Å². The second kappa shape index (κ2) is 58.7. The molecule has 70 heavy (non-hydrogen) atoms. The van der Waals surface area contributed by atoms with Gasteiger partial charge in [0, 0.05) is 19.3 Å². The summed E-state index contributed by atoms with van der Waals surface area (Å²) in [5.41, 5.74) is 0. The van der Waals surface area contributed by atoms with E-state index in [2.05, 4.69) is 81.5 Å². The predicted molar refractivity (Wildman–Crippen MR) is 302 cm³/mol. The number of ether oxygens (including phenoxy) is 3. The predicted octanol–water partition coefficient (Wildman–Crippen LogP) is 20.4. The molecule has 0 heterocycles. The molecule has 1 atom stereocenters. The van der Waals surface area contributed by atoms with Crippen LogP contribution in [0.5, 0.6) is 0 Å². The maximum absolute atomic E-state index is 12.8. The first-order chi connectivity index (χ1) is 34.5. The Morgan fingerprint density at radius 3 is 0.871 bits per heavy atom. The maximum atomic E-state index is 12.8. The van der Waals surface area contributed by atoms with E-state index in [1.54, 1.807) is 0 Å². The van der Waals surface area contributed by atoms with E-state index < -0.39 is 6.10 Å². The highest BCUT2D eigenvalue weighted by molar-refractivity contribution is 5.71. The van der Waals surface area contributed by atoms with E-state index in [0.717, 1.165) is 103 Å². The average Bonchev–Trinajstić information content (AvgIpc) is 3.36. The van der Waals surface area contributed by atoms with Crippen molar-refractivity contribution in [1.82, 2.24) is 0 Å². The van der Waals surface area contributed by atoms with Crippen LogP contribution in [0.1, 0.15) is 310 Å². The summed E-state index contributed by atoms with van der Waals surface area (Å²) in [7, 11) is 0. The lowest BCUT2D eigenvalue weighted by molar-refractivity contribution is -0.167. The first-order valence-corrected chi connectivity index (χ1v) is 30.3. The van der Waals surface area contributed by atoms with Gasteiger partial charge in [-0.2, -0.15) is 0 Å². The summed E-state index contributed by atoms with van der Waals surface area (Å²) in [6.07, 6.45) is 74.1.